The lowest BCUT2D eigenvalue weighted by Crippen LogP contribution is -2.37. The molecule has 0 amide bonds. The van der Waals surface area contributed by atoms with E-state index in [1.54, 1.807) is 18.0 Å². The van der Waals surface area contributed by atoms with Crippen LogP contribution in [0.4, 0.5) is 4.39 Å². The van der Waals surface area contributed by atoms with Gasteiger partial charge in [-0.15, -0.1) is 0 Å². The molecule has 0 radical (unpaired) electrons. The van der Waals surface area contributed by atoms with Gasteiger partial charge in [-0.05, 0) is 73.6 Å². The first-order valence-corrected chi connectivity index (χ1v) is 13.7. The van der Waals surface area contributed by atoms with Crippen molar-refractivity contribution < 1.29 is 14.3 Å². The van der Waals surface area contributed by atoms with Crippen molar-refractivity contribution in [2.45, 2.75) is 72.8 Å². The maximum Gasteiger partial charge on any atom is 0.303 e. The molecule has 0 spiro atoms. The Balaban J connectivity index is 2.18. The van der Waals surface area contributed by atoms with Crippen LogP contribution in [0, 0.1) is 17.2 Å². The Kier molecular flexibility index (Phi) is 8.73. The van der Waals surface area contributed by atoms with Crippen molar-refractivity contribution in [3.63, 3.8) is 0 Å². The van der Waals surface area contributed by atoms with Crippen molar-refractivity contribution in [1.82, 2.24) is 14.2 Å². The number of carboxylic acid groups (broad SMARTS) is 1. The summed E-state index contributed by atoms with van der Waals surface area (Å²) in [7, 11) is 0. The second kappa shape index (κ2) is 11.2. The third kappa shape index (κ3) is 6.49. The number of hydrogen-bond acceptors (Lipinski definition) is 5. The quantitative estimate of drug-likeness (QED) is 0.450. The molecule has 3 rings (SSSR count). The normalized spacial score (nSPS) is 25.6. The summed E-state index contributed by atoms with van der Waals surface area (Å²) in [4.78, 5) is 18.5. The maximum atomic E-state index is 14.3. The Labute approximate surface area is 214 Å². The van der Waals surface area contributed by atoms with Crippen molar-refractivity contribution in [1.29, 1.82) is 0 Å². The molecule has 1 N–H and O–H groups in total. The fourth-order valence-corrected chi connectivity index (χ4v) is 5.89. The van der Waals surface area contributed by atoms with E-state index in [1.165, 1.54) is 6.20 Å². The molecule has 0 aliphatic carbocycles. The Morgan fingerprint density at radius 2 is 1.97 bits per heavy atom. The largest absolute Gasteiger partial charge is 0.481 e. The molecule has 0 saturated carbocycles. The molecule has 0 aromatic carbocycles. The van der Waals surface area contributed by atoms with E-state index >= 15 is 0 Å². The van der Waals surface area contributed by atoms with E-state index in [0.29, 0.717) is 18.3 Å². The van der Waals surface area contributed by atoms with E-state index in [9.17, 15) is 14.3 Å². The number of piperidine rings is 1. The number of rotatable bonds is 5. The predicted octanol–water partition coefficient (Wildman–Crippen LogP) is 6.75. The standard InChI is InChI=1S/C28H40FN3O2S/c1-18-14-25-24(16-22(29)17-30-25)21(4)32(35-7)20(3)19(2)23(8-9-27(33)34)26(15-18)31-12-10-28(5,6)11-13-31/h15-18,21H,3,8-14H2,1-2,4-7H3,(H,33,34)/b23-19-,26-15?. The fourth-order valence-electron chi connectivity index (χ4n) is 5.11. The van der Waals surface area contributed by atoms with Crippen LogP contribution in [0.15, 0.2) is 47.5 Å². The van der Waals surface area contributed by atoms with Gasteiger partial charge in [-0.3, -0.25) is 9.78 Å². The second-order valence-corrected chi connectivity index (χ2v) is 11.5. The SMILES string of the molecule is C=C1/C(C)=C(/CCC(=O)O)C(N2CCC(C)(C)CC2)=CC(C)Cc2ncc(F)cc2C(C)N1SC. The smallest absolute Gasteiger partial charge is 0.303 e. The molecule has 1 fully saturated rings. The van der Waals surface area contributed by atoms with Crippen molar-refractivity contribution in [3.05, 3.63) is 64.5 Å². The summed E-state index contributed by atoms with van der Waals surface area (Å²) in [6.07, 6.45) is 8.93. The molecular formula is C28H40FN3O2S. The number of halogens is 1. The molecule has 1 aromatic heterocycles. The summed E-state index contributed by atoms with van der Waals surface area (Å²) in [5.41, 5.74) is 6.02. The highest BCUT2D eigenvalue weighted by atomic mass is 32.2. The molecule has 1 saturated heterocycles. The highest BCUT2D eigenvalue weighted by Gasteiger charge is 2.30. The summed E-state index contributed by atoms with van der Waals surface area (Å²) in [6, 6.07) is 1.45. The molecular weight excluding hydrogens is 461 g/mol. The molecule has 2 unspecified atom stereocenters. The summed E-state index contributed by atoms with van der Waals surface area (Å²) in [5.74, 6) is -1.00. The number of pyridine rings is 1. The van der Waals surface area contributed by atoms with Crippen LogP contribution in [0.2, 0.25) is 0 Å². The summed E-state index contributed by atoms with van der Waals surface area (Å²) < 4.78 is 16.4. The van der Waals surface area contributed by atoms with Crippen LogP contribution in [0.25, 0.3) is 0 Å². The molecule has 2 aliphatic heterocycles. The van der Waals surface area contributed by atoms with Gasteiger partial charge in [-0.1, -0.05) is 45.4 Å². The van der Waals surface area contributed by atoms with E-state index in [2.05, 4.69) is 54.5 Å². The maximum absolute atomic E-state index is 14.3. The molecule has 2 atom stereocenters. The van der Waals surface area contributed by atoms with Gasteiger partial charge in [0.1, 0.15) is 5.82 Å². The zero-order chi connectivity index (χ0) is 25.9. The first-order chi connectivity index (χ1) is 16.4. The van der Waals surface area contributed by atoms with Gasteiger partial charge in [-0.2, -0.15) is 0 Å². The summed E-state index contributed by atoms with van der Waals surface area (Å²) in [5, 5.41) is 9.53. The highest BCUT2D eigenvalue weighted by molar-refractivity contribution is 7.96. The van der Waals surface area contributed by atoms with Crippen LogP contribution in [-0.4, -0.2) is 44.6 Å². The number of likely N-dealkylation sites (tertiary alicyclic amines) is 1. The van der Waals surface area contributed by atoms with Gasteiger partial charge in [-0.25, -0.2) is 4.39 Å². The van der Waals surface area contributed by atoms with Crippen LogP contribution in [0.3, 0.4) is 0 Å². The Morgan fingerprint density at radius 3 is 2.57 bits per heavy atom. The summed E-state index contributed by atoms with van der Waals surface area (Å²) >= 11 is 1.54. The van der Waals surface area contributed by atoms with Crippen molar-refractivity contribution >= 4 is 17.9 Å². The Bertz CT molecular complexity index is 1020. The number of carbonyl (C=O) groups is 1. The van der Waals surface area contributed by atoms with Crippen LogP contribution < -0.4 is 0 Å². The predicted molar refractivity (Wildman–Crippen MR) is 142 cm³/mol. The number of aromatic nitrogens is 1. The first kappa shape index (κ1) is 27.3. The van der Waals surface area contributed by atoms with Crippen LogP contribution in [-0.2, 0) is 11.2 Å². The van der Waals surface area contributed by atoms with Gasteiger partial charge < -0.3 is 14.3 Å². The van der Waals surface area contributed by atoms with E-state index in [1.807, 2.05) is 13.2 Å². The minimum atomic E-state index is -0.806. The fraction of sp³-hybridized carbons (Fsp3) is 0.571. The van der Waals surface area contributed by atoms with Crippen LogP contribution in [0.1, 0.15) is 77.6 Å². The average molecular weight is 502 g/mol. The zero-order valence-corrected chi connectivity index (χ0v) is 22.8. The number of carboxylic acids is 1. The lowest BCUT2D eigenvalue weighted by molar-refractivity contribution is -0.136. The van der Waals surface area contributed by atoms with Gasteiger partial charge >= 0.3 is 5.97 Å². The average Bonchev–Trinajstić information content (AvgIpc) is 2.79. The van der Waals surface area contributed by atoms with Gasteiger partial charge in [0, 0.05) is 42.9 Å². The van der Waals surface area contributed by atoms with E-state index in [4.69, 9.17) is 0 Å². The third-order valence-corrected chi connectivity index (χ3v) is 8.36. The number of nitrogens with zero attached hydrogens (tertiary/aromatic N) is 3. The molecule has 1 aromatic rings. The monoisotopic (exact) mass is 501 g/mol. The minimum absolute atomic E-state index is 0.0623. The molecule has 35 heavy (non-hydrogen) atoms. The summed E-state index contributed by atoms with van der Waals surface area (Å²) in [6.45, 7) is 17.2. The van der Waals surface area contributed by atoms with Crippen molar-refractivity contribution in [2.24, 2.45) is 11.3 Å². The van der Waals surface area contributed by atoms with Gasteiger partial charge in [0.25, 0.3) is 0 Å². The van der Waals surface area contributed by atoms with E-state index in [0.717, 1.165) is 59.7 Å². The number of allylic oxidation sites excluding steroid dienone is 3. The lowest BCUT2D eigenvalue weighted by Gasteiger charge is -2.41. The topological polar surface area (TPSA) is 56.7 Å². The molecule has 0 bridgehead atoms. The Morgan fingerprint density at radius 1 is 1.31 bits per heavy atom. The van der Waals surface area contributed by atoms with Gasteiger partial charge in [0.2, 0.25) is 0 Å². The first-order valence-electron chi connectivity index (χ1n) is 12.5. The zero-order valence-electron chi connectivity index (χ0n) is 22.0. The second-order valence-electron chi connectivity index (χ2n) is 10.7. The lowest BCUT2D eigenvalue weighted by atomic mass is 9.82. The molecule has 5 nitrogen and oxygen atoms in total. The van der Waals surface area contributed by atoms with Gasteiger partial charge in [0.05, 0.1) is 12.2 Å². The van der Waals surface area contributed by atoms with Crippen molar-refractivity contribution in [2.75, 3.05) is 19.3 Å². The van der Waals surface area contributed by atoms with Crippen molar-refractivity contribution in [3.8, 4) is 0 Å². The van der Waals surface area contributed by atoms with E-state index in [-0.39, 0.29) is 24.2 Å². The van der Waals surface area contributed by atoms with Gasteiger partial charge in [0.15, 0.2) is 0 Å². The number of fused-ring (bicyclic) bond motifs is 1. The molecule has 2 aliphatic rings. The number of aliphatic carboxylic acids is 1. The Hall–Kier alpha value is -2.28. The number of hydrogen-bond donors (Lipinski definition) is 1. The molecule has 3 heterocycles. The van der Waals surface area contributed by atoms with E-state index < -0.39 is 5.97 Å². The molecule has 192 valence electrons. The minimum Gasteiger partial charge on any atom is -0.481 e. The van der Waals surface area contributed by atoms with Crippen LogP contribution in [0.5, 0.6) is 0 Å². The highest BCUT2D eigenvalue weighted by Crippen LogP contribution is 2.40. The molecule has 7 heteroatoms. The van der Waals surface area contributed by atoms with Crippen LogP contribution >= 0.6 is 11.9 Å². The third-order valence-electron chi connectivity index (χ3n) is 7.43.